The summed E-state index contributed by atoms with van der Waals surface area (Å²) >= 11 is 0. The highest BCUT2D eigenvalue weighted by molar-refractivity contribution is 5.93. The van der Waals surface area contributed by atoms with Gasteiger partial charge in [0.05, 0.1) is 11.8 Å². The summed E-state index contributed by atoms with van der Waals surface area (Å²) in [5, 5.41) is 25.2. The van der Waals surface area contributed by atoms with Crippen LogP contribution in [-0.2, 0) is 20.8 Å². The smallest absolute Gasteiger partial charge is 0.273 e. The normalized spacial score (nSPS) is 21.9. The Hall–Kier alpha value is -3.74. The quantitative estimate of drug-likeness (QED) is 0.333. The van der Waals surface area contributed by atoms with Gasteiger partial charge in [0.15, 0.2) is 5.69 Å². The summed E-state index contributed by atoms with van der Waals surface area (Å²) in [7, 11) is 0. The molecule has 0 saturated carbocycles. The van der Waals surface area contributed by atoms with Crippen LogP contribution in [0.15, 0.2) is 15.2 Å². The number of nitrogens with one attached hydrogen (secondary N) is 4. The molecule has 0 spiro atoms. The Morgan fingerprint density at radius 3 is 2.55 bits per heavy atom. The zero-order chi connectivity index (χ0) is 29.4. The van der Waals surface area contributed by atoms with Crippen LogP contribution >= 0.6 is 0 Å². The fraction of sp³-hybridized carbons (Fsp3) is 0.630. The Kier molecular flexibility index (Phi) is 10.8. The number of carbonyl (C=O) groups is 4. The second kappa shape index (κ2) is 14.1. The summed E-state index contributed by atoms with van der Waals surface area (Å²) in [6, 6.07) is -2.94. The first-order valence-corrected chi connectivity index (χ1v) is 13.7. The highest BCUT2D eigenvalue weighted by atomic mass is 16.5. The number of fused-ring (bicyclic) bond motifs is 2. The molecule has 13 heteroatoms. The number of rotatable bonds is 7. The lowest BCUT2D eigenvalue weighted by Gasteiger charge is -2.27. The van der Waals surface area contributed by atoms with Gasteiger partial charge in [-0.2, -0.15) is 0 Å². The molecule has 4 atom stereocenters. The second-order valence-corrected chi connectivity index (χ2v) is 10.7. The highest BCUT2D eigenvalue weighted by Gasteiger charge is 2.32. The van der Waals surface area contributed by atoms with Gasteiger partial charge in [-0.15, -0.1) is 0 Å². The van der Waals surface area contributed by atoms with Crippen molar-refractivity contribution in [3.05, 3.63) is 34.9 Å². The molecule has 13 nitrogen and oxygen atoms in total. The van der Waals surface area contributed by atoms with E-state index in [4.69, 9.17) is 8.94 Å². The zero-order valence-corrected chi connectivity index (χ0v) is 23.7. The van der Waals surface area contributed by atoms with Crippen LogP contribution < -0.4 is 21.3 Å². The maximum Gasteiger partial charge on any atom is 0.273 e. The molecule has 5 N–H and O–H groups in total. The van der Waals surface area contributed by atoms with Crippen molar-refractivity contribution in [1.82, 2.24) is 31.4 Å². The van der Waals surface area contributed by atoms with Crippen LogP contribution in [0.25, 0.3) is 0 Å². The molecule has 2 aromatic heterocycles. The maximum atomic E-state index is 13.3. The molecule has 0 aliphatic carbocycles. The van der Waals surface area contributed by atoms with Gasteiger partial charge in [-0.05, 0) is 58.8 Å². The summed E-state index contributed by atoms with van der Waals surface area (Å²) < 4.78 is 10.7. The van der Waals surface area contributed by atoms with Gasteiger partial charge in [-0.25, -0.2) is 4.98 Å². The van der Waals surface area contributed by atoms with Crippen molar-refractivity contribution >= 4 is 23.6 Å². The Balaban J connectivity index is 1.79. The molecule has 1 aliphatic heterocycles. The van der Waals surface area contributed by atoms with E-state index in [1.54, 1.807) is 13.8 Å². The number of hydrogen-bond donors (Lipinski definition) is 5. The second-order valence-electron chi connectivity index (χ2n) is 10.7. The number of amides is 4. The Bertz CT molecular complexity index is 1170. The lowest BCUT2D eigenvalue weighted by Crippen LogP contribution is -2.57. The molecule has 2 bridgehead atoms. The first-order chi connectivity index (χ1) is 19.0. The molecule has 2 aromatic rings. The number of nitrogens with zero attached hydrogens (tertiary/aromatic N) is 2. The minimum atomic E-state index is -1.30. The van der Waals surface area contributed by atoms with Crippen molar-refractivity contribution in [2.45, 2.75) is 97.4 Å². The number of aliphatic hydroxyl groups is 1. The lowest BCUT2D eigenvalue weighted by molar-refractivity contribution is -0.134. The molecule has 4 amide bonds. The van der Waals surface area contributed by atoms with Crippen LogP contribution in [0.1, 0.15) is 92.3 Å². The molecule has 220 valence electrons. The third kappa shape index (κ3) is 8.38. The fourth-order valence-corrected chi connectivity index (χ4v) is 4.56. The van der Waals surface area contributed by atoms with E-state index < -0.39 is 42.0 Å². The molecule has 0 fully saturated rings. The van der Waals surface area contributed by atoms with E-state index in [2.05, 4.69) is 31.4 Å². The summed E-state index contributed by atoms with van der Waals surface area (Å²) in [5.74, 6) is -1.09. The molecule has 0 radical (unpaired) electrons. The number of aryl methyl sites for hydroxylation is 2. The first kappa shape index (κ1) is 30.8. The molecular formula is C27H40N6O7. The third-order valence-electron chi connectivity index (χ3n) is 6.78. The number of carbonyl (C=O) groups excluding carboxylic acids is 4. The van der Waals surface area contributed by atoms with Crippen LogP contribution in [0.3, 0.4) is 0 Å². The predicted octanol–water partition coefficient (Wildman–Crippen LogP) is 1.38. The van der Waals surface area contributed by atoms with Crippen LogP contribution in [0.4, 0.5) is 0 Å². The van der Waals surface area contributed by atoms with E-state index in [1.165, 1.54) is 13.2 Å². The van der Waals surface area contributed by atoms with E-state index in [0.717, 1.165) is 5.56 Å². The molecule has 3 heterocycles. The molecular weight excluding hydrogens is 520 g/mol. The standard InChI is InChI=1S/C27H40N6O7/c1-14(2)12-20-27-31-21(13-39-27)24(36)28-11-7-6-8-19(25(37)32-23(16(4)34)26(38)30-20)29-22(35)10-9-18-15(3)33-40-17(18)5/h13-14,16,19-20,23,34H,6-12H2,1-5H3,(H,28,36)(H,29,35)(H,30,38)(H,32,37)/t16-,19+,20+,23+/m1/s1. The van der Waals surface area contributed by atoms with Crippen LogP contribution in [0, 0.1) is 19.8 Å². The SMILES string of the molecule is Cc1noc(C)c1CCC(=O)N[C@H]1CCCCNC(=O)c2coc(n2)[C@H](CC(C)C)NC(=O)[C@H]([C@@H](C)O)NC1=O. The molecule has 0 aromatic carbocycles. The van der Waals surface area contributed by atoms with Gasteiger partial charge < -0.3 is 35.3 Å². The van der Waals surface area contributed by atoms with Crippen molar-refractivity contribution in [3.8, 4) is 0 Å². The number of aliphatic hydroxyl groups excluding tert-OH is 1. The van der Waals surface area contributed by atoms with Crippen molar-refractivity contribution in [2.75, 3.05) is 6.54 Å². The average Bonchev–Trinajstić information content (AvgIpc) is 3.50. The minimum absolute atomic E-state index is 0.0916. The van der Waals surface area contributed by atoms with E-state index in [0.29, 0.717) is 43.7 Å². The monoisotopic (exact) mass is 560 g/mol. The summed E-state index contributed by atoms with van der Waals surface area (Å²) in [6.07, 6.45) is 2.24. The average molecular weight is 561 g/mol. The summed E-state index contributed by atoms with van der Waals surface area (Å²) in [5.41, 5.74) is 1.64. The first-order valence-electron chi connectivity index (χ1n) is 13.7. The van der Waals surface area contributed by atoms with Gasteiger partial charge in [0.2, 0.25) is 23.6 Å². The van der Waals surface area contributed by atoms with Crippen LogP contribution in [-0.4, -0.2) is 63.6 Å². The van der Waals surface area contributed by atoms with Crippen molar-refractivity contribution in [1.29, 1.82) is 0 Å². The number of aromatic nitrogens is 2. The lowest BCUT2D eigenvalue weighted by atomic mass is 10.0. The third-order valence-corrected chi connectivity index (χ3v) is 6.78. The van der Waals surface area contributed by atoms with Crippen molar-refractivity contribution < 1.29 is 33.2 Å². The van der Waals surface area contributed by atoms with Gasteiger partial charge in [0.1, 0.15) is 30.1 Å². The van der Waals surface area contributed by atoms with E-state index in [9.17, 15) is 24.3 Å². The Morgan fingerprint density at radius 2 is 1.90 bits per heavy atom. The van der Waals surface area contributed by atoms with E-state index in [1.807, 2.05) is 13.8 Å². The van der Waals surface area contributed by atoms with Gasteiger partial charge in [0.25, 0.3) is 5.91 Å². The van der Waals surface area contributed by atoms with Crippen LogP contribution in [0.5, 0.6) is 0 Å². The van der Waals surface area contributed by atoms with E-state index >= 15 is 0 Å². The molecule has 40 heavy (non-hydrogen) atoms. The van der Waals surface area contributed by atoms with Gasteiger partial charge in [-0.1, -0.05) is 19.0 Å². The summed E-state index contributed by atoms with van der Waals surface area (Å²) in [6.45, 7) is 9.20. The fourth-order valence-electron chi connectivity index (χ4n) is 4.56. The minimum Gasteiger partial charge on any atom is -0.446 e. The number of hydrogen-bond acceptors (Lipinski definition) is 9. The Morgan fingerprint density at radius 1 is 1.15 bits per heavy atom. The van der Waals surface area contributed by atoms with Gasteiger partial charge in [0, 0.05) is 18.5 Å². The molecule has 3 rings (SSSR count). The van der Waals surface area contributed by atoms with Crippen LogP contribution in [0.2, 0.25) is 0 Å². The largest absolute Gasteiger partial charge is 0.446 e. The van der Waals surface area contributed by atoms with Crippen molar-refractivity contribution in [2.24, 2.45) is 5.92 Å². The van der Waals surface area contributed by atoms with E-state index in [-0.39, 0.29) is 36.3 Å². The molecule has 1 aliphatic rings. The van der Waals surface area contributed by atoms with Crippen molar-refractivity contribution in [3.63, 3.8) is 0 Å². The summed E-state index contributed by atoms with van der Waals surface area (Å²) in [4.78, 5) is 56.2. The molecule has 0 saturated heterocycles. The van der Waals surface area contributed by atoms with Gasteiger partial charge in [-0.3, -0.25) is 19.2 Å². The predicted molar refractivity (Wildman–Crippen MR) is 143 cm³/mol. The molecule has 0 unspecified atom stereocenters. The van der Waals surface area contributed by atoms with Gasteiger partial charge >= 0.3 is 0 Å². The Labute approximate surface area is 233 Å². The highest BCUT2D eigenvalue weighted by Crippen LogP contribution is 2.22. The maximum absolute atomic E-state index is 13.3. The zero-order valence-electron chi connectivity index (χ0n) is 23.7. The number of oxazole rings is 1. The topological polar surface area (TPSA) is 189 Å².